The quantitative estimate of drug-likeness (QED) is 0.888. The van der Waals surface area contributed by atoms with E-state index in [9.17, 15) is 9.59 Å². The summed E-state index contributed by atoms with van der Waals surface area (Å²) < 4.78 is 5.73. The maximum Gasteiger partial charge on any atom is 0.252 e. The molecule has 0 spiro atoms. The van der Waals surface area contributed by atoms with Crippen molar-refractivity contribution in [3.63, 3.8) is 0 Å². The Morgan fingerprint density at radius 1 is 1.15 bits per heavy atom. The Morgan fingerprint density at radius 2 is 1.96 bits per heavy atom. The second-order valence-electron chi connectivity index (χ2n) is 6.08. The molecule has 132 valence electrons. The predicted molar refractivity (Wildman–Crippen MR) is 95.8 cm³/mol. The molecule has 2 amide bonds. The van der Waals surface area contributed by atoms with Gasteiger partial charge in [-0.25, -0.2) is 0 Å². The van der Waals surface area contributed by atoms with Gasteiger partial charge in [0, 0.05) is 12.1 Å². The third-order valence-corrected chi connectivity index (χ3v) is 4.16. The van der Waals surface area contributed by atoms with E-state index in [-0.39, 0.29) is 11.8 Å². The summed E-state index contributed by atoms with van der Waals surface area (Å²) in [6, 6.07) is 15.0. The molecular formula is C20H19N3O3. The van der Waals surface area contributed by atoms with E-state index in [2.05, 4.69) is 10.6 Å². The van der Waals surface area contributed by atoms with Gasteiger partial charge in [-0.15, -0.1) is 0 Å². The van der Waals surface area contributed by atoms with Gasteiger partial charge in [0.1, 0.15) is 17.5 Å². The number of ether oxygens (including phenoxy) is 1. The molecule has 3 rings (SSSR count). The Morgan fingerprint density at radius 3 is 2.73 bits per heavy atom. The van der Waals surface area contributed by atoms with Gasteiger partial charge < -0.3 is 15.4 Å². The minimum Gasteiger partial charge on any atom is -0.457 e. The van der Waals surface area contributed by atoms with Crippen molar-refractivity contribution in [3.8, 4) is 17.6 Å². The number of carbonyl (C=O) groups is 2. The van der Waals surface area contributed by atoms with E-state index in [0.717, 1.165) is 12.8 Å². The van der Waals surface area contributed by atoms with Gasteiger partial charge in [0.2, 0.25) is 5.91 Å². The first kappa shape index (κ1) is 17.5. The SMILES string of the molecule is N#Cc1ccc(Oc2cccc(C(=O)N[C@H]3CCCCNC3=O)c2)cc1. The van der Waals surface area contributed by atoms with Crippen molar-refractivity contribution in [2.75, 3.05) is 6.54 Å². The van der Waals surface area contributed by atoms with E-state index in [1.54, 1.807) is 48.5 Å². The zero-order valence-corrected chi connectivity index (χ0v) is 14.2. The number of nitrogens with one attached hydrogen (secondary N) is 2. The Kier molecular flexibility index (Phi) is 5.49. The van der Waals surface area contributed by atoms with Crippen LogP contribution in [-0.4, -0.2) is 24.4 Å². The molecule has 26 heavy (non-hydrogen) atoms. The molecule has 6 nitrogen and oxygen atoms in total. The van der Waals surface area contributed by atoms with Crippen LogP contribution < -0.4 is 15.4 Å². The number of rotatable bonds is 4. The number of hydrogen-bond donors (Lipinski definition) is 2. The fourth-order valence-corrected chi connectivity index (χ4v) is 2.75. The van der Waals surface area contributed by atoms with Crippen LogP contribution in [0.15, 0.2) is 48.5 Å². The minimum absolute atomic E-state index is 0.138. The zero-order valence-electron chi connectivity index (χ0n) is 14.2. The number of nitriles is 1. The van der Waals surface area contributed by atoms with Crippen molar-refractivity contribution in [1.82, 2.24) is 10.6 Å². The Labute approximate surface area is 151 Å². The van der Waals surface area contributed by atoms with Crippen molar-refractivity contribution in [3.05, 3.63) is 59.7 Å². The van der Waals surface area contributed by atoms with Crippen LogP contribution in [0.2, 0.25) is 0 Å². The van der Waals surface area contributed by atoms with E-state index in [0.29, 0.717) is 35.6 Å². The number of nitrogens with zero attached hydrogens (tertiary/aromatic N) is 1. The summed E-state index contributed by atoms with van der Waals surface area (Å²) in [7, 11) is 0. The maximum absolute atomic E-state index is 12.5. The highest BCUT2D eigenvalue weighted by molar-refractivity contribution is 5.97. The third-order valence-electron chi connectivity index (χ3n) is 4.16. The van der Waals surface area contributed by atoms with E-state index >= 15 is 0 Å². The van der Waals surface area contributed by atoms with Gasteiger partial charge in [-0.1, -0.05) is 6.07 Å². The molecule has 0 aliphatic carbocycles. The smallest absolute Gasteiger partial charge is 0.252 e. The molecule has 1 heterocycles. The normalized spacial score (nSPS) is 16.7. The van der Waals surface area contributed by atoms with Gasteiger partial charge in [-0.05, 0) is 61.7 Å². The van der Waals surface area contributed by atoms with Crippen LogP contribution in [0.5, 0.6) is 11.5 Å². The van der Waals surface area contributed by atoms with Gasteiger partial charge >= 0.3 is 0 Å². The van der Waals surface area contributed by atoms with E-state index in [1.165, 1.54) is 0 Å². The first-order valence-corrected chi connectivity index (χ1v) is 8.52. The number of carbonyl (C=O) groups excluding carboxylic acids is 2. The molecule has 2 N–H and O–H groups in total. The summed E-state index contributed by atoms with van der Waals surface area (Å²) in [6.07, 6.45) is 2.45. The third kappa shape index (κ3) is 4.39. The summed E-state index contributed by atoms with van der Waals surface area (Å²) in [5.74, 6) is 0.635. The van der Waals surface area contributed by atoms with Crippen molar-refractivity contribution in [1.29, 1.82) is 5.26 Å². The van der Waals surface area contributed by atoms with Crippen molar-refractivity contribution in [2.45, 2.75) is 25.3 Å². The molecule has 6 heteroatoms. The lowest BCUT2D eigenvalue weighted by Crippen LogP contribution is -2.45. The zero-order chi connectivity index (χ0) is 18.4. The van der Waals surface area contributed by atoms with Crippen LogP contribution >= 0.6 is 0 Å². The molecule has 0 saturated carbocycles. The highest BCUT2D eigenvalue weighted by Gasteiger charge is 2.23. The molecule has 1 atom stereocenters. The Balaban J connectivity index is 1.68. The largest absolute Gasteiger partial charge is 0.457 e. The van der Waals surface area contributed by atoms with Crippen LogP contribution in [0.25, 0.3) is 0 Å². The van der Waals surface area contributed by atoms with Crippen LogP contribution in [0.3, 0.4) is 0 Å². The lowest BCUT2D eigenvalue weighted by molar-refractivity contribution is -0.122. The fraction of sp³-hybridized carbons (Fsp3) is 0.250. The lowest BCUT2D eigenvalue weighted by Gasteiger charge is -2.15. The summed E-state index contributed by atoms with van der Waals surface area (Å²) in [4.78, 5) is 24.4. The van der Waals surface area contributed by atoms with Crippen LogP contribution in [0, 0.1) is 11.3 Å². The summed E-state index contributed by atoms with van der Waals surface area (Å²) >= 11 is 0. The number of amides is 2. The van der Waals surface area contributed by atoms with Crippen molar-refractivity contribution in [2.24, 2.45) is 0 Å². The molecule has 1 saturated heterocycles. The topological polar surface area (TPSA) is 91.2 Å². The van der Waals surface area contributed by atoms with Crippen LogP contribution in [-0.2, 0) is 4.79 Å². The van der Waals surface area contributed by atoms with E-state index < -0.39 is 6.04 Å². The first-order chi connectivity index (χ1) is 12.7. The first-order valence-electron chi connectivity index (χ1n) is 8.52. The van der Waals surface area contributed by atoms with Crippen LogP contribution in [0.1, 0.15) is 35.2 Å². The average Bonchev–Trinajstić information content (AvgIpc) is 2.87. The number of hydrogen-bond acceptors (Lipinski definition) is 4. The molecule has 1 aliphatic heterocycles. The molecule has 0 radical (unpaired) electrons. The molecular weight excluding hydrogens is 330 g/mol. The monoisotopic (exact) mass is 349 g/mol. The molecule has 0 bridgehead atoms. The standard InChI is InChI=1S/C20H19N3O3/c21-13-14-7-9-16(10-8-14)26-17-5-3-4-15(12-17)19(24)23-18-6-1-2-11-22-20(18)25/h3-5,7-10,12,18H,1-2,6,11H2,(H,22,25)(H,23,24)/t18-/m0/s1. The van der Waals surface area contributed by atoms with Gasteiger partial charge in [0.05, 0.1) is 11.6 Å². The molecule has 0 unspecified atom stereocenters. The van der Waals surface area contributed by atoms with E-state index in [4.69, 9.17) is 10.00 Å². The number of benzene rings is 2. The summed E-state index contributed by atoms with van der Waals surface area (Å²) in [5.41, 5.74) is 0.973. The van der Waals surface area contributed by atoms with Gasteiger partial charge in [-0.2, -0.15) is 5.26 Å². The second kappa shape index (κ2) is 8.17. The molecule has 2 aromatic carbocycles. The molecule has 0 aromatic heterocycles. The summed E-state index contributed by atoms with van der Waals surface area (Å²) in [5, 5.41) is 14.4. The minimum atomic E-state index is -0.506. The molecule has 1 aliphatic rings. The van der Waals surface area contributed by atoms with Crippen LogP contribution in [0.4, 0.5) is 0 Å². The predicted octanol–water partition coefficient (Wildman–Crippen LogP) is 2.75. The maximum atomic E-state index is 12.5. The Bertz CT molecular complexity index is 840. The van der Waals surface area contributed by atoms with Gasteiger partial charge in [-0.3, -0.25) is 9.59 Å². The van der Waals surface area contributed by atoms with Crippen molar-refractivity contribution < 1.29 is 14.3 Å². The fourth-order valence-electron chi connectivity index (χ4n) is 2.75. The lowest BCUT2D eigenvalue weighted by atomic mass is 10.1. The summed E-state index contributed by atoms with van der Waals surface area (Å²) in [6.45, 7) is 0.652. The van der Waals surface area contributed by atoms with Gasteiger partial charge in [0.15, 0.2) is 0 Å². The molecule has 1 fully saturated rings. The van der Waals surface area contributed by atoms with E-state index in [1.807, 2.05) is 6.07 Å². The highest BCUT2D eigenvalue weighted by Crippen LogP contribution is 2.22. The second-order valence-corrected chi connectivity index (χ2v) is 6.08. The highest BCUT2D eigenvalue weighted by atomic mass is 16.5. The van der Waals surface area contributed by atoms with Crippen molar-refractivity contribution >= 4 is 11.8 Å². The van der Waals surface area contributed by atoms with Gasteiger partial charge in [0.25, 0.3) is 5.91 Å². The Hall–Kier alpha value is -3.33. The average molecular weight is 349 g/mol. The molecule has 2 aromatic rings.